The maximum Gasteiger partial charge on any atom is 0.339 e. The molecule has 0 bridgehead atoms. The van der Waals surface area contributed by atoms with Crippen LogP contribution in [0.4, 0.5) is 0 Å². The number of carbonyl (C=O) groups is 3. The fourth-order valence-electron chi connectivity index (χ4n) is 2.03. The number of carboxylic acid groups (broad SMARTS) is 1. The van der Waals surface area contributed by atoms with Crippen molar-refractivity contribution in [3.63, 3.8) is 0 Å². The van der Waals surface area contributed by atoms with E-state index >= 15 is 0 Å². The summed E-state index contributed by atoms with van der Waals surface area (Å²) in [5.41, 5.74) is 1.36. The minimum absolute atomic E-state index is 0.166. The van der Waals surface area contributed by atoms with Crippen molar-refractivity contribution in [2.75, 3.05) is 6.61 Å². The molecule has 2 rings (SSSR count). The summed E-state index contributed by atoms with van der Waals surface area (Å²) < 4.78 is 10.5. The first-order valence-corrected chi connectivity index (χ1v) is 8.19. The van der Waals surface area contributed by atoms with Crippen molar-refractivity contribution < 1.29 is 29.0 Å². The van der Waals surface area contributed by atoms with E-state index in [0.717, 1.165) is 18.4 Å². The summed E-state index contributed by atoms with van der Waals surface area (Å²) in [4.78, 5) is 32.7. The summed E-state index contributed by atoms with van der Waals surface area (Å²) in [6.45, 7) is 2.28. The van der Waals surface area contributed by atoms with Crippen LogP contribution in [0.25, 0.3) is 0 Å². The molecule has 0 heterocycles. The van der Waals surface area contributed by atoms with Gasteiger partial charge in [0.1, 0.15) is 6.61 Å². The Kier molecular flexibility index (Phi) is 9.84. The lowest BCUT2D eigenvalue weighted by atomic mass is 10.1. The average Bonchev–Trinajstić information content (AvgIpc) is 2.67. The second-order valence-corrected chi connectivity index (χ2v) is 5.20. The minimum Gasteiger partial charge on any atom is -0.483 e. The molecule has 2 aromatic carbocycles. The number of hydrogen-bond donors (Lipinski definition) is 1. The average molecular weight is 358 g/mol. The highest BCUT2D eigenvalue weighted by Crippen LogP contribution is 2.13. The fourth-order valence-corrected chi connectivity index (χ4v) is 2.03. The topological polar surface area (TPSA) is 89.9 Å². The van der Waals surface area contributed by atoms with Crippen LogP contribution in [0.2, 0.25) is 0 Å². The van der Waals surface area contributed by atoms with Crippen molar-refractivity contribution in [3.8, 4) is 0 Å². The van der Waals surface area contributed by atoms with Crippen LogP contribution >= 0.6 is 0 Å². The number of hydrogen-bond acceptors (Lipinski definition) is 5. The molecule has 2 aromatic rings. The Morgan fingerprint density at radius 3 is 1.96 bits per heavy atom. The van der Waals surface area contributed by atoms with E-state index < -0.39 is 11.9 Å². The summed E-state index contributed by atoms with van der Waals surface area (Å²) in [6, 6.07) is 15.9. The molecular weight excluding hydrogens is 336 g/mol. The van der Waals surface area contributed by atoms with Crippen LogP contribution in [0.1, 0.15) is 46.0 Å². The molecule has 0 aliphatic rings. The SMILES string of the molecule is CCCCOC(=O)c1ccccc1C(=O)OCc1ccccc1.O=CO. The first-order chi connectivity index (χ1) is 12.6. The molecule has 26 heavy (non-hydrogen) atoms. The third-order valence-electron chi connectivity index (χ3n) is 3.31. The maximum atomic E-state index is 12.2. The second-order valence-electron chi connectivity index (χ2n) is 5.20. The fraction of sp³-hybridized carbons (Fsp3) is 0.250. The van der Waals surface area contributed by atoms with E-state index in [-0.39, 0.29) is 24.2 Å². The Hall–Kier alpha value is -3.15. The van der Waals surface area contributed by atoms with Crippen LogP contribution in [-0.4, -0.2) is 30.1 Å². The van der Waals surface area contributed by atoms with Crippen molar-refractivity contribution in [2.45, 2.75) is 26.4 Å². The molecule has 0 saturated heterocycles. The number of benzene rings is 2. The van der Waals surface area contributed by atoms with Crippen LogP contribution in [-0.2, 0) is 20.9 Å². The lowest BCUT2D eigenvalue weighted by molar-refractivity contribution is -0.122. The van der Waals surface area contributed by atoms with Gasteiger partial charge in [-0.2, -0.15) is 0 Å². The monoisotopic (exact) mass is 358 g/mol. The molecule has 0 spiro atoms. The van der Waals surface area contributed by atoms with Crippen molar-refractivity contribution in [3.05, 3.63) is 71.3 Å². The van der Waals surface area contributed by atoms with Gasteiger partial charge in [0, 0.05) is 0 Å². The van der Waals surface area contributed by atoms with Gasteiger partial charge in [-0.25, -0.2) is 9.59 Å². The van der Waals surface area contributed by atoms with Crippen molar-refractivity contribution in [2.24, 2.45) is 0 Å². The third kappa shape index (κ3) is 7.17. The van der Waals surface area contributed by atoms with E-state index in [4.69, 9.17) is 19.4 Å². The maximum absolute atomic E-state index is 12.2. The van der Waals surface area contributed by atoms with E-state index in [9.17, 15) is 9.59 Å². The quantitative estimate of drug-likeness (QED) is 0.461. The van der Waals surface area contributed by atoms with Crippen LogP contribution in [0.15, 0.2) is 54.6 Å². The van der Waals surface area contributed by atoms with Gasteiger partial charge in [-0.15, -0.1) is 0 Å². The predicted octanol–water partition coefficient (Wildman–Crippen LogP) is 3.70. The smallest absolute Gasteiger partial charge is 0.339 e. The Bertz CT molecular complexity index is 696. The van der Waals surface area contributed by atoms with Gasteiger partial charge in [0.05, 0.1) is 17.7 Å². The summed E-state index contributed by atoms with van der Waals surface area (Å²) in [7, 11) is 0. The number of rotatable bonds is 7. The van der Waals surface area contributed by atoms with Gasteiger partial charge in [-0.3, -0.25) is 4.79 Å². The second kappa shape index (κ2) is 12.2. The summed E-state index contributed by atoms with van der Waals surface area (Å²) >= 11 is 0. The molecule has 0 radical (unpaired) electrons. The van der Waals surface area contributed by atoms with Gasteiger partial charge < -0.3 is 14.6 Å². The number of esters is 2. The Morgan fingerprint density at radius 1 is 0.923 bits per heavy atom. The van der Waals surface area contributed by atoms with Gasteiger partial charge in [-0.1, -0.05) is 55.8 Å². The summed E-state index contributed by atoms with van der Waals surface area (Å²) in [5, 5.41) is 6.89. The van der Waals surface area contributed by atoms with E-state index in [1.165, 1.54) is 0 Å². The highest BCUT2D eigenvalue weighted by Gasteiger charge is 2.18. The lowest BCUT2D eigenvalue weighted by Gasteiger charge is -2.09. The molecule has 0 aromatic heterocycles. The van der Waals surface area contributed by atoms with Gasteiger partial charge in [0.25, 0.3) is 6.47 Å². The zero-order valence-electron chi connectivity index (χ0n) is 14.6. The molecule has 0 unspecified atom stereocenters. The minimum atomic E-state index is -0.531. The molecule has 6 heteroatoms. The Labute approximate surface area is 152 Å². The summed E-state index contributed by atoms with van der Waals surface area (Å²) in [6.07, 6.45) is 1.74. The van der Waals surface area contributed by atoms with Gasteiger partial charge in [-0.05, 0) is 24.1 Å². The molecule has 1 N–H and O–H groups in total. The zero-order chi connectivity index (χ0) is 19.2. The summed E-state index contributed by atoms with van der Waals surface area (Å²) in [5.74, 6) is -1.03. The van der Waals surface area contributed by atoms with E-state index in [0.29, 0.717) is 6.61 Å². The Morgan fingerprint density at radius 2 is 1.42 bits per heavy atom. The van der Waals surface area contributed by atoms with Crippen LogP contribution in [0.3, 0.4) is 0 Å². The largest absolute Gasteiger partial charge is 0.483 e. The molecule has 0 fully saturated rings. The normalized spacial score (nSPS) is 9.42. The first-order valence-electron chi connectivity index (χ1n) is 8.19. The van der Waals surface area contributed by atoms with Crippen molar-refractivity contribution >= 4 is 18.4 Å². The van der Waals surface area contributed by atoms with Crippen molar-refractivity contribution in [1.82, 2.24) is 0 Å². The van der Waals surface area contributed by atoms with Crippen LogP contribution in [0.5, 0.6) is 0 Å². The molecule has 0 saturated carbocycles. The molecule has 0 aliphatic heterocycles. The van der Waals surface area contributed by atoms with Crippen LogP contribution < -0.4 is 0 Å². The standard InChI is InChI=1S/C19H20O4.CH2O2/c1-2-3-13-22-18(20)16-11-7-8-12-17(16)19(21)23-14-15-9-5-4-6-10-15;2-1-3/h4-12H,2-3,13-14H2,1H3;1H,(H,2,3). The van der Waals surface area contributed by atoms with Gasteiger partial charge in [0.15, 0.2) is 0 Å². The third-order valence-corrected chi connectivity index (χ3v) is 3.31. The highest BCUT2D eigenvalue weighted by molar-refractivity contribution is 6.03. The first kappa shape index (κ1) is 20.9. The zero-order valence-corrected chi connectivity index (χ0v) is 14.6. The molecule has 0 atom stereocenters. The van der Waals surface area contributed by atoms with Gasteiger partial charge >= 0.3 is 11.9 Å². The van der Waals surface area contributed by atoms with E-state index in [1.807, 2.05) is 37.3 Å². The molecule has 0 aliphatic carbocycles. The molecule has 0 amide bonds. The Balaban J connectivity index is 0.00000105. The van der Waals surface area contributed by atoms with Crippen molar-refractivity contribution in [1.29, 1.82) is 0 Å². The van der Waals surface area contributed by atoms with Crippen LogP contribution in [0, 0.1) is 0 Å². The predicted molar refractivity (Wildman–Crippen MR) is 95.9 cm³/mol. The number of ether oxygens (including phenoxy) is 2. The molecule has 6 nitrogen and oxygen atoms in total. The molecular formula is C20H22O6. The highest BCUT2D eigenvalue weighted by atomic mass is 16.5. The number of carbonyl (C=O) groups excluding carboxylic acids is 2. The van der Waals surface area contributed by atoms with Gasteiger partial charge in [0.2, 0.25) is 0 Å². The lowest BCUT2D eigenvalue weighted by Crippen LogP contribution is -2.14. The number of unbranched alkanes of at least 4 members (excludes halogenated alkanes) is 1. The van der Waals surface area contributed by atoms with E-state index in [1.54, 1.807) is 24.3 Å². The van der Waals surface area contributed by atoms with E-state index in [2.05, 4.69) is 0 Å². The molecule has 138 valence electrons.